The molecule has 2 aliphatic heterocycles. The van der Waals surface area contributed by atoms with Crippen LogP contribution in [0.4, 0.5) is 0 Å². The van der Waals surface area contributed by atoms with Crippen molar-refractivity contribution in [3.05, 3.63) is 0 Å². The first-order valence-electron chi connectivity index (χ1n) is 14.3. The van der Waals surface area contributed by atoms with Crippen LogP contribution in [0.25, 0.3) is 0 Å². The van der Waals surface area contributed by atoms with E-state index < -0.39 is 37.7 Å². The summed E-state index contributed by atoms with van der Waals surface area (Å²) in [4.78, 5) is 12.4. The lowest BCUT2D eigenvalue weighted by molar-refractivity contribution is -0.304. The van der Waals surface area contributed by atoms with Crippen molar-refractivity contribution >= 4 is 14.3 Å². The zero-order chi connectivity index (χ0) is 29.2. The summed E-state index contributed by atoms with van der Waals surface area (Å²) in [5, 5.41) is 11.1. The van der Waals surface area contributed by atoms with Crippen molar-refractivity contribution < 1.29 is 38.0 Å². The largest absolute Gasteiger partial charge is 0.460 e. The van der Waals surface area contributed by atoms with Crippen molar-refractivity contribution in [3.8, 4) is 0 Å². The maximum Gasteiger partial charge on any atom is 0.309 e. The smallest absolute Gasteiger partial charge is 0.309 e. The summed E-state index contributed by atoms with van der Waals surface area (Å²) in [7, 11) is -1.81. The molecule has 9 heteroatoms. The molecule has 5 atom stereocenters. The Kier molecular flexibility index (Phi) is 11.1. The maximum atomic E-state index is 12.4. The van der Waals surface area contributed by atoms with Gasteiger partial charge in [-0.1, -0.05) is 20.8 Å². The zero-order valence-corrected chi connectivity index (χ0v) is 27.1. The number of hydrogen-bond acceptors (Lipinski definition) is 8. The molecule has 0 amide bonds. The number of carbonyl (C=O) groups excluding carboxylic acids is 1. The van der Waals surface area contributed by atoms with Gasteiger partial charge in [0.15, 0.2) is 19.9 Å². The van der Waals surface area contributed by atoms with Gasteiger partial charge >= 0.3 is 5.97 Å². The summed E-state index contributed by atoms with van der Waals surface area (Å²) in [6.45, 7) is 25.0. The molecule has 0 radical (unpaired) electrons. The average molecular weight is 561 g/mol. The second-order valence-corrected chi connectivity index (χ2v) is 19.3. The molecule has 0 bridgehead atoms. The molecule has 0 unspecified atom stereocenters. The van der Waals surface area contributed by atoms with Crippen molar-refractivity contribution in [2.45, 2.75) is 174 Å². The van der Waals surface area contributed by atoms with Gasteiger partial charge < -0.3 is 33.2 Å². The predicted octanol–water partition coefficient (Wildman–Crippen LogP) is 6.09. The SMILES string of the molecule is CC(C)(C)OC(=O)C[C@H]1OC(C)(C)O[C@@H]1CC[C@@H](O)C[C@@H]1C[C@H](CCO[Si](C)(C)C(C)(C)C)OC(C)(C)O1. The summed E-state index contributed by atoms with van der Waals surface area (Å²) in [6, 6.07) is 0. The van der Waals surface area contributed by atoms with Gasteiger partial charge in [0.2, 0.25) is 0 Å². The predicted molar refractivity (Wildman–Crippen MR) is 150 cm³/mol. The molecule has 8 nitrogen and oxygen atoms in total. The molecule has 0 aromatic rings. The summed E-state index contributed by atoms with van der Waals surface area (Å²) in [6.07, 6.45) is 1.91. The molecule has 224 valence electrons. The normalized spacial score (nSPS) is 28.8. The fourth-order valence-corrected chi connectivity index (χ4v) is 5.92. The van der Waals surface area contributed by atoms with E-state index in [9.17, 15) is 9.90 Å². The number of aliphatic hydroxyl groups is 1. The number of aliphatic hydroxyl groups excluding tert-OH is 1. The lowest BCUT2D eigenvalue weighted by atomic mass is 9.97. The number of ether oxygens (including phenoxy) is 5. The minimum Gasteiger partial charge on any atom is -0.460 e. The average Bonchev–Trinajstić information content (AvgIpc) is 2.95. The Morgan fingerprint density at radius 2 is 1.47 bits per heavy atom. The summed E-state index contributed by atoms with van der Waals surface area (Å²) >= 11 is 0. The lowest BCUT2D eigenvalue weighted by Crippen LogP contribution is -2.46. The first-order valence-corrected chi connectivity index (χ1v) is 17.2. The van der Waals surface area contributed by atoms with Crippen LogP contribution in [0.5, 0.6) is 0 Å². The second kappa shape index (κ2) is 12.5. The van der Waals surface area contributed by atoms with E-state index in [-0.39, 0.29) is 35.7 Å². The van der Waals surface area contributed by atoms with Crippen LogP contribution in [0.2, 0.25) is 18.1 Å². The fourth-order valence-electron chi connectivity index (χ4n) is 4.86. The molecule has 0 saturated carbocycles. The van der Waals surface area contributed by atoms with Crippen LogP contribution in [-0.4, -0.2) is 73.7 Å². The second-order valence-electron chi connectivity index (χ2n) is 14.5. The fraction of sp³-hybridized carbons (Fsp3) is 0.966. The standard InChI is InChI=1S/C29H56O8Si/c1-26(2,3)37-25(31)19-24-23(35-29(9,10)36-24)14-13-20(30)17-22-18-21(33-28(7,8)34-22)15-16-32-38(11,12)27(4,5)6/h20-24,30H,13-19H2,1-12H3/t20-,21+,22-,23-,24-/m1/s1. The summed E-state index contributed by atoms with van der Waals surface area (Å²) in [5.74, 6) is -1.80. The van der Waals surface area contributed by atoms with Crippen LogP contribution < -0.4 is 0 Å². The molecule has 2 rings (SSSR count). The Bertz CT molecular complexity index is 768. The molecule has 0 spiro atoms. The van der Waals surface area contributed by atoms with E-state index in [1.54, 1.807) is 0 Å². The molecule has 0 aliphatic carbocycles. The Balaban J connectivity index is 1.87. The van der Waals surface area contributed by atoms with E-state index in [0.29, 0.717) is 25.9 Å². The van der Waals surface area contributed by atoms with Crippen molar-refractivity contribution in [3.63, 3.8) is 0 Å². The van der Waals surface area contributed by atoms with E-state index in [1.165, 1.54) is 0 Å². The highest BCUT2D eigenvalue weighted by atomic mass is 28.4. The third-order valence-corrected chi connectivity index (χ3v) is 12.1. The molecular formula is C29H56O8Si. The maximum absolute atomic E-state index is 12.4. The minimum atomic E-state index is -1.81. The van der Waals surface area contributed by atoms with E-state index in [4.69, 9.17) is 28.1 Å². The van der Waals surface area contributed by atoms with E-state index in [2.05, 4.69) is 33.9 Å². The summed E-state index contributed by atoms with van der Waals surface area (Å²) in [5.41, 5.74) is -0.552. The van der Waals surface area contributed by atoms with Gasteiger partial charge in [-0.05, 0) is 92.3 Å². The van der Waals surface area contributed by atoms with E-state index in [0.717, 1.165) is 12.8 Å². The highest BCUT2D eigenvalue weighted by Gasteiger charge is 2.43. The summed E-state index contributed by atoms with van der Waals surface area (Å²) < 4.78 is 36.3. The quantitative estimate of drug-likeness (QED) is 0.240. The zero-order valence-electron chi connectivity index (χ0n) is 26.1. The van der Waals surface area contributed by atoms with Crippen LogP contribution in [0, 0.1) is 0 Å². The molecule has 1 N–H and O–H groups in total. The van der Waals surface area contributed by atoms with Crippen LogP contribution in [0.15, 0.2) is 0 Å². The number of esters is 1. The Morgan fingerprint density at radius 3 is 2.05 bits per heavy atom. The van der Waals surface area contributed by atoms with Gasteiger partial charge in [-0.3, -0.25) is 4.79 Å². The van der Waals surface area contributed by atoms with Crippen LogP contribution in [0.3, 0.4) is 0 Å². The first-order chi connectivity index (χ1) is 17.1. The highest BCUT2D eigenvalue weighted by Crippen LogP contribution is 2.38. The van der Waals surface area contributed by atoms with E-state index in [1.807, 2.05) is 48.5 Å². The Labute approximate surface area is 232 Å². The molecule has 0 aromatic heterocycles. The number of carbonyl (C=O) groups is 1. The molecule has 2 aliphatic rings. The third kappa shape index (κ3) is 11.1. The topological polar surface area (TPSA) is 92.7 Å². The van der Waals surface area contributed by atoms with Crippen molar-refractivity contribution in [1.29, 1.82) is 0 Å². The van der Waals surface area contributed by atoms with Gasteiger partial charge in [0.25, 0.3) is 0 Å². The molecule has 2 fully saturated rings. The van der Waals surface area contributed by atoms with Gasteiger partial charge in [-0.2, -0.15) is 0 Å². The minimum absolute atomic E-state index is 0.0197. The van der Waals surface area contributed by atoms with Gasteiger partial charge in [-0.25, -0.2) is 0 Å². The van der Waals surface area contributed by atoms with Gasteiger partial charge in [0.05, 0.1) is 36.9 Å². The number of rotatable bonds is 11. The monoisotopic (exact) mass is 560 g/mol. The molecule has 2 heterocycles. The van der Waals surface area contributed by atoms with Crippen LogP contribution in [0.1, 0.15) is 108 Å². The molecular weight excluding hydrogens is 504 g/mol. The third-order valence-electron chi connectivity index (χ3n) is 7.53. The molecule has 38 heavy (non-hydrogen) atoms. The van der Waals surface area contributed by atoms with Crippen LogP contribution in [-0.2, 0) is 32.9 Å². The van der Waals surface area contributed by atoms with Gasteiger partial charge in [0, 0.05) is 13.0 Å². The van der Waals surface area contributed by atoms with Gasteiger partial charge in [0.1, 0.15) is 5.60 Å². The van der Waals surface area contributed by atoms with Crippen molar-refractivity contribution in [2.75, 3.05) is 6.61 Å². The highest BCUT2D eigenvalue weighted by molar-refractivity contribution is 6.74. The number of hydrogen-bond donors (Lipinski definition) is 1. The first kappa shape index (κ1) is 33.7. The molecule has 0 aromatic carbocycles. The van der Waals surface area contributed by atoms with Gasteiger partial charge in [-0.15, -0.1) is 0 Å². The van der Waals surface area contributed by atoms with Crippen molar-refractivity contribution in [2.24, 2.45) is 0 Å². The lowest BCUT2D eigenvalue weighted by Gasteiger charge is -2.42. The Hall–Kier alpha value is -0.553. The Morgan fingerprint density at radius 1 is 0.921 bits per heavy atom. The van der Waals surface area contributed by atoms with Crippen LogP contribution >= 0.6 is 0 Å². The van der Waals surface area contributed by atoms with Crippen molar-refractivity contribution in [1.82, 2.24) is 0 Å². The van der Waals surface area contributed by atoms with E-state index >= 15 is 0 Å². The molecule has 2 saturated heterocycles.